The molecule has 1 saturated heterocycles. The Labute approximate surface area is 193 Å². The average Bonchev–Trinajstić information content (AvgIpc) is 2.88. The van der Waals surface area contributed by atoms with E-state index in [1.165, 1.54) is 0 Å². The number of carbonyl (C=O) groups is 2. The Balaban J connectivity index is 1.42. The molecule has 172 valence electrons. The molecule has 0 radical (unpaired) electrons. The van der Waals surface area contributed by atoms with Gasteiger partial charge in [-0.3, -0.25) is 14.5 Å². The number of amides is 2. The highest BCUT2D eigenvalue weighted by molar-refractivity contribution is 6.35. The van der Waals surface area contributed by atoms with E-state index in [2.05, 4.69) is 39.8 Å². The summed E-state index contributed by atoms with van der Waals surface area (Å²) in [4.78, 5) is 27.3. The lowest BCUT2D eigenvalue weighted by Crippen LogP contribution is -2.46. The van der Waals surface area contributed by atoms with Crippen LogP contribution in [0.4, 0.5) is 0 Å². The number of morpholine rings is 1. The van der Waals surface area contributed by atoms with E-state index >= 15 is 0 Å². The molecule has 2 amide bonds. The van der Waals surface area contributed by atoms with Gasteiger partial charge in [0.05, 0.1) is 26.4 Å². The van der Waals surface area contributed by atoms with Crippen LogP contribution in [0.25, 0.3) is 10.8 Å². The lowest BCUT2D eigenvalue weighted by molar-refractivity contribution is -0.139. The normalized spacial score (nSPS) is 15.1. The van der Waals surface area contributed by atoms with Gasteiger partial charge in [-0.15, -0.1) is 0 Å². The summed E-state index contributed by atoms with van der Waals surface area (Å²) in [6, 6.07) is 21.7. The standard InChI is InChI=1S/C26H29N3O4/c1-32-21-11-9-19(10-12-21)17-27-25(30)26(31)28-18-24(29-13-15-33-16-14-29)23-8-4-6-20-5-2-3-7-22(20)23/h2-12,24H,13-18H2,1H3,(H,27,30)(H,28,31). The van der Waals surface area contributed by atoms with Crippen molar-refractivity contribution in [1.82, 2.24) is 15.5 Å². The molecule has 1 aliphatic heterocycles. The van der Waals surface area contributed by atoms with Crippen LogP contribution in [0.2, 0.25) is 0 Å². The minimum absolute atomic E-state index is 0.0571. The van der Waals surface area contributed by atoms with E-state index in [4.69, 9.17) is 9.47 Å². The summed E-state index contributed by atoms with van der Waals surface area (Å²) in [7, 11) is 1.60. The maximum atomic E-state index is 12.6. The van der Waals surface area contributed by atoms with Gasteiger partial charge in [0, 0.05) is 26.2 Å². The predicted octanol–water partition coefficient (Wildman–Crippen LogP) is 2.65. The molecule has 2 N–H and O–H groups in total. The molecule has 3 aromatic rings. The Morgan fingerprint density at radius 3 is 2.39 bits per heavy atom. The van der Waals surface area contributed by atoms with Crippen molar-refractivity contribution in [3.05, 3.63) is 77.9 Å². The number of carbonyl (C=O) groups excluding carboxylic acids is 2. The summed E-state index contributed by atoms with van der Waals surface area (Å²) in [5, 5.41) is 7.83. The maximum Gasteiger partial charge on any atom is 0.309 e. The number of hydrogen-bond acceptors (Lipinski definition) is 5. The summed E-state index contributed by atoms with van der Waals surface area (Å²) in [6.07, 6.45) is 0. The van der Waals surface area contributed by atoms with E-state index in [0.717, 1.165) is 40.7 Å². The Morgan fingerprint density at radius 1 is 0.939 bits per heavy atom. The fraction of sp³-hybridized carbons (Fsp3) is 0.308. The molecule has 0 bridgehead atoms. The summed E-state index contributed by atoms with van der Waals surface area (Å²) in [5.41, 5.74) is 2.02. The van der Waals surface area contributed by atoms with Crippen molar-refractivity contribution in [2.75, 3.05) is 40.0 Å². The number of methoxy groups -OCH3 is 1. The molecule has 4 rings (SSSR count). The first kappa shape index (κ1) is 22.8. The van der Waals surface area contributed by atoms with Crippen LogP contribution in [-0.2, 0) is 20.9 Å². The minimum Gasteiger partial charge on any atom is -0.497 e. The third kappa shape index (κ3) is 5.69. The van der Waals surface area contributed by atoms with Gasteiger partial charge in [0.15, 0.2) is 0 Å². The van der Waals surface area contributed by atoms with Gasteiger partial charge >= 0.3 is 11.8 Å². The molecule has 0 aliphatic carbocycles. The SMILES string of the molecule is COc1ccc(CNC(=O)C(=O)NCC(c2cccc3ccccc23)N2CCOCC2)cc1. The van der Waals surface area contributed by atoms with Crippen molar-refractivity contribution in [2.24, 2.45) is 0 Å². The zero-order chi connectivity index (χ0) is 23.0. The van der Waals surface area contributed by atoms with Gasteiger partial charge in [0.2, 0.25) is 0 Å². The van der Waals surface area contributed by atoms with Crippen LogP contribution in [0, 0.1) is 0 Å². The van der Waals surface area contributed by atoms with Gasteiger partial charge in [0.25, 0.3) is 0 Å². The van der Waals surface area contributed by atoms with E-state index in [1.807, 2.05) is 42.5 Å². The third-order valence-electron chi connectivity index (χ3n) is 5.94. The maximum absolute atomic E-state index is 12.6. The van der Waals surface area contributed by atoms with Crippen LogP contribution in [0.5, 0.6) is 5.75 Å². The molecule has 0 aromatic heterocycles. The molecule has 7 nitrogen and oxygen atoms in total. The first-order valence-corrected chi connectivity index (χ1v) is 11.1. The molecule has 1 atom stereocenters. The lowest BCUT2D eigenvalue weighted by Gasteiger charge is -2.35. The Hall–Kier alpha value is -3.42. The summed E-state index contributed by atoms with van der Waals surface area (Å²) in [5.74, 6) is -0.545. The number of ether oxygens (including phenoxy) is 2. The number of hydrogen-bond donors (Lipinski definition) is 2. The van der Waals surface area contributed by atoms with Crippen molar-refractivity contribution >= 4 is 22.6 Å². The minimum atomic E-state index is -0.649. The van der Waals surface area contributed by atoms with Crippen LogP contribution >= 0.6 is 0 Å². The fourth-order valence-electron chi connectivity index (χ4n) is 4.14. The molecule has 7 heteroatoms. The van der Waals surface area contributed by atoms with Gasteiger partial charge in [-0.2, -0.15) is 0 Å². The average molecular weight is 448 g/mol. The van der Waals surface area contributed by atoms with Crippen molar-refractivity contribution in [3.63, 3.8) is 0 Å². The quantitative estimate of drug-likeness (QED) is 0.545. The van der Waals surface area contributed by atoms with Crippen molar-refractivity contribution in [3.8, 4) is 5.75 Å². The highest BCUT2D eigenvalue weighted by Crippen LogP contribution is 2.28. The van der Waals surface area contributed by atoms with E-state index in [0.29, 0.717) is 19.8 Å². The van der Waals surface area contributed by atoms with E-state index in [1.54, 1.807) is 7.11 Å². The molecule has 1 unspecified atom stereocenters. The second-order valence-electron chi connectivity index (χ2n) is 7.97. The molecule has 33 heavy (non-hydrogen) atoms. The van der Waals surface area contributed by atoms with Crippen molar-refractivity contribution in [2.45, 2.75) is 12.6 Å². The van der Waals surface area contributed by atoms with Crippen LogP contribution in [0.1, 0.15) is 17.2 Å². The lowest BCUT2D eigenvalue weighted by atomic mass is 9.97. The Bertz CT molecular complexity index is 1090. The molecule has 1 fully saturated rings. The molecular weight excluding hydrogens is 418 g/mol. The fourth-order valence-corrected chi connectivity index (χ4v) is 4.14. The zero-order valence-electron chi connectivity index (χ0n) is 18.8. The van der Waals surface area contributed by atoms with E-state index in [-0.39, 0.29) is 12.6 Å². The number of fused-ring (bicyclic) bond motifs is 1. The van der Waals surface area contributed by atoms with E-state index < -0.39 is 11.8 Å². The smallest absolute Gasteiger partial charge is 0.309 e. The van der Waals surface area contributed by atoms with Gasteiger partial charge in [-0.25, -0.2) is 0 Å². The van der Waals surface area contributed by atoms with Crippen molar-refractivity contribution in [1.29, 1.82) is 0 Å². The number of nitrogens with one attached hydrogen (secondary N) is 2. The van der Waals surface area contributed by atoms with Gasteiger partial charge in [-0.1, -0.05) is 54.6 Å². The molecule has 3 aromatic carbocycles. The van der Waals surface area contributed by atoms with E-state index in [9.17, 15) is 9.59 Å². The topological polar surface area (TPSA) is 79.9 Å². The molecule has 0 spiro atoms. The van der Waals surface area contributed by atoms with Gasteiger partial charge in [-0.05, 0) is 34.0 Å². The third-order valence-corrected chi connectivity index (χ3v) is 5.94. The molecule has 1 heterocycles. The second-order valence-corrected chi connectivity index (χ2v) is 7.97. The second kappa shape index (κ2) is 10.9. The highest BCUT2D eigenvalue weighted by atomic mass is 16.5. The summed E-state index contributed by atoms with van der Waals surface area (Å²) < 4.78 is 10.7. The Morgan fingerprint density at radius 2 is 1.64 bits per heavy atom. The number of benzene rings is 3. The van der Waals surface area contributed by atoms with Crippen LogP contribution in [0.3, 0.4) is 0 Å². The molecular formula is C26H29N3O4. The van der Waals surface area contributed by atoms with Crippen LogP contribution < -0.4 is 15.4 Å². The Kier molecular flexibility index (Phi) is 7.55. The predicted molar refractivity (Wildman–Crippen MR) is 127 cm³/mol. The largest absolute Gasteiger partial charge is 0.497 e. The summed E-state index contributed by atoms with van der Waals surface area (Å²) >= 11 is 0. The summed E-state index contributed by atoms with van der Waals surface area (Å²) in [6.45, 7) is 3.45. The monoisotopic (exact) mass is 447 g/mol. The molecule has 0 saturated carbocycles. The number of rotatable bonds is 7. The van der Waals surface area contributed by atoms with Crippen molar-refractivity contribution < 1.29 is 19.1 Å². The first-order valence-electron chi connectivity index (χ1n) is 11.1. The van der Waals surface area contributed by atoms with Gasteiger partial charge in [0.1, 0.15) is 5.75 Å². The number of nitrogens with zero attached hydrogens (tertiary/aromatic N) is 1. The molecule has 1 aliphatic rings. The van der Waals surface area contributed by atoms with Gasteiger partial charge < -0.3 is 20.1 Å². The first-order chi connectivity index (χ1) is 16.2. The van der Waals surface area contributed by atoms with Crippen LogP contribution in [0.15, 0.2) is 66.7 Å². The highest BCUT2D eigenvalue weighted by Gasteiger charge is 2.25. The van der Waals surface area contributed by atoms with Crippen LogP contribution in [-0.4, -0.2) is 56.7 Å². The zero-order valence-corrected chi connectivity index (χ0v) is 18.8.